The summed E-state index contributed by atoms with van der Waals surface area (Å²) < 4.78 is 18.9. The van der Waals surface area contributed by atoms with Gasteiger partial charge in [0, 0.05) is 35.5 Å². The van der Waals surface area contributed by atoms with E-state index in [9.17, 15) is 4.39 Å². The highest BCUT2D eigenvalue weighted by Gasteiger charge is 2.14. The van der Waals surface area contributed by atoms with Crippen LogP contribution >= 0.6 is 11.6 Å². The Balaban J connectivity index is 1.97. The fourth-order valence-electron chi connectivity index (χ4n) is 1.87. The molecule has 0 spiro atoms. The van der Waals surface area contributed by atoms with Gasteiger partial charge in [0.2, 0.25) is 5.89 Å². The monoisotopic (exact) mass is 311 g/mol. The molecule has 0 aliphatic carbocycles. The normalized spacial score (nSPS) is 11.9. The first-order chi connectivity index (χ1) is 9.85. The van der Waals surface area contributed by atoms with E-state index in [1.54, 1.807) is 12.1 Å². The van der Waals surface area contributed by atoms with E-state index in [-0.39, 0.29) is 17.8 Å². The van der Waals surface area contributed by atoms with Crippen molar-refractivity contribution in [1.29, 1.82) is 0 Å². The summed E-state index contributed by atoms with van der Waals surface area (Å²) in [6, 6.07) is 4.59. The van der Waals surface area contributed by atoms with Gasteiger partial charge in [-0.15, -0.1) is 0 Å². The highest BCUT2D eigenvalue weighted by Crippen LogP contribution is 2.21. The molecule has 6 heteroatoms. The number of aromatic nitrogens is 2. The molecule has 0 bridgehead atoms. The van der Waals surface area contributed by atoms with Crippen LogP contribution in [0.4, 0.5) is 4.39 Å². The Morgan fingerprint density at radius 3 is 2.76 bits per heavy atom. The zero-order valence-electron chi connectivity index (χ0n) is 12.4. The minimum atomic E-state index is -0.358. The van der Waals surface area contributed by atoms with Crippen molar-refractivity contribution in [2.45, 2.75) is 39.2 Å². The van der Waals surface area contributed by atoms with Gasteiger partial charge in [0.1, 0.15) is 5.82 Å². The topological polar surface area (TPSA) is 51.0 Å². The fourth-order valence-corrected chi connectivity index (χ4v) is 2.10. The maximum Gasteiger partial charge on any atom is 0.227 e. The van der Waals surface area contributed by atoms with Gasteiger partial charge in [0.15, 0.2) is 5.82 Å². The molecule has 114 valence electrons. The van der Waals surface area contributed by atoms with Crippen molar-refractivity contribution >= 4 is 11.6 Å². The molecule has 4 nitrogen and oxygen atoms in total. The first kappa shape index (κ1) is 15.9. The first-order valence-corrected chi connectivity index (χ1v) is 7.22. The van der Waals surface area contributed by atoms with E-state index in [1.807, 2.05) is 0 Å². The zero-order valence-corrected chi connectivity index (χ0v) is 13.2. The molecule has 0 aliphatic rings. The van der Waals surface area contributed by atoms with Crippen molar-refractivity contribution in [3.8, 4) is 0 Å². The van der Waals surface area contributed by atoms with Crippen LogP contribution in [0.2, 0.25) is 5.02 Å². The number of hydrogen-bond donors (Lipinski definition) is 1. The molecule has 0 amide bonds. The zero-order chi connectivity index (χ0) is 15.5. The summed E-state index contributed by atoms with van der Waals surface area (Å²) in [5, 5.41) is 7.58. The maximum absolute atomic E-state index is 13.7. The second-order valence-corrected chi connectivity index (χ2v) is 6.32. The average molecular weight is 312 g/mol. The Bertz CT molecular complexity index is 587. The molecule has 1 heterocycles. The highest BCUT2D eigenvalue weighted by molar-refractivity contribution is 6.31. The van der Waals surface area contributed by atoms with Crippen LogP contribution in [-0.4, -0.2) is 22.2 Å². The van der Waals surface area contributed by atoms with Crippen molar-refractivity contribution in [1.82, 2.24) is 15.5 Å². The molecule has 0 radical (unpaired) electrons. The third-order valence-corrected chi connectivity index (χ3v) is 3.26. The quantitative estimate of drug-likeness (QED) is 0.919. The lowest BCUT2D eigenvalue weighted by molar-refractivity contribution is 0.359. The van der Waals surface area contributed by atoms with Crippen molar-refractivity contribution in [3.05, 3.63) is 46.3 Å². The van der Waals surface area contributed by atoms with E-state index in [2.05, 4.69) is 36.2 Å². The SMILES string of the molecule is CC(C)(C)NCCc1nc(Cc2c(F)cccc2Cl)no1. The van der Waals surface area contributed by atoms with Gasteiger partial charge in [0.05, 0.1) is 0 Å². The molecule has 2 rings (SSSR count). The standard InChI is InChI=1S/C15H19ClFN3O/c1-15(2,3)18-8-7-14-19-13(20-21-14)9-10-11(16)5-4-6-12(10)17/h4-6,18H,7-9H2,1-3H3. The Labute approximate surface area is 128 Å². The fraction of sp³-hybridized carbons (Fsp3) is 0.467. The molecule has 0 saturated carbocycles. The average Bonchev–Trinajstić information content (AvgIpc) is 2.80. The predicted molar refractivity (Wildman–Crippen MR) is 80.0 cm³/mol. The van der Waals surface area contributed by atoms with E-state index < -0.39 is 0 Å². The molecule has 0 saturated heterocycles. The van der Waals surface area contributed by atoms with Crippen molar-refractivity contribution < 1.29 is 8.91 Å². The van der Waals surface area contributed by atoms with Crippen molar-refractivity contribution in [3.63, 3.8) is 0 Å². The summed E-state index contributed by atoms with van der Waals surface area (Å²) in [4.78, 5) is 4.26. The molecule has 1 N–H and O–H groups in total. The van der Waals surface area contributed by atoms with Crippen LogP contribution in [0.25, 0.3) is 0 Å². The van der Waals surface area contributed by atoms with Crippen molar-refractivity contribution in [2.75, 3.05) is 6.54 Å². The van der Waals surface area contributed by atoms with Crippen LogP contribution in [0.15, 0.2) is 22.7 Å². The lowest BCUT2D eigenvalue weighted by Crippen LogP contribution is -2.37. The number of nitrogens with zero attached hydrogens (tertiary/aromatic N) is 2. The van der Waals surface area contributed by atoms with Crippen LogP contribution in [0.5, 0.6) is 0 Å². The minimum Gasteiger partial charge on any atom is -0.339 e. The maximum atomic E-state index is 13.7. The van der Waals surface area contributed by atoms with E-state index in [0.717, 1.165) is 6.54 Å². The van der Waals surface area contributed by atoms with Crippen LogP contribution in [0, 0.1) is 5.82 Å². The second-order valence-electron chi connectivity index (χ2n) is 5.91. The highest BCUT2D eigenvalue weighted by atomic mass is 35.5. The Kier molecular flexibility index (Phi) is 4.96. The van der Waals surface area contributed by atoms with Crippen LogP contribution in [0.3, 0.4) is 0 Å². The summed E-state index contributed by atoms with van der Waals surface area (Å²) in [5.41, 5.74) is 0.433. The van der Waals surface area contributed by atoms with Crippen LogP contribution in [-0.2, 0) is 12.8 Å². The van der Waals surface area contributed by atoms with E-state index in [4.69, 9.17) is 16.1 Å². The summed E-state index contributed by atoms with van der Waals surface area (Å²) in [5.74, 6) is 0.616. The molecule has 0 fully saturated rings. The second kappa shape index (κ2) is 6.54. The van der Waals surface area contributed by atoms with E-state index in [1.165, 1.54) is 6.07 Å². The van der Waals surface area contributed by atoms with Gasteiger partial charge < -0.3 is 9.84 Å². The predicted octanol–water partition coefficient (Wildman–Crippen LogP) is 3.38. The lowest BCUT2D eigenvalue weighted by atomic mass is 10.1. The van der Waals surface area contributed by atoms with E-state index >= 15 is 0 Å². The smallest absolute Gasteiger partial charge is 0.227 e. The largest absolute Gasteiger partial charge is 0.339 e. The molecule has 21 heavy (non-hydrogen) atoms. The number of benzene rings is 1. The number of nitrogens with one attached hydrogen (secondary N) is 1. The Morgan fingerprint density at radius 2 is 2.10 bits per heavy atom. The van der Waals surface area contributed by atoms with Gasteiger partial charge in [-0.25, -0.2) is 4.39 Å². The van der Waals surface area contributed by atoms with Crippen LogP contribution in [0.1, 0.15) is 38.0 Å². The van der Waals surface area contributed by atoms with Crippen molar-refractivity contribution in [2.24, 2.45) is 0 Å². The summed E-state index contributed by atoms with van der Waals surface area (Å²) in [6.45, 7) is 7.01. The number of rotatable bonds is 5. The summed E-state index contributed by atoms with van der Waals surface area (Å²) in [7, 11) is 0. The molecule has 0 atom stereocenters. The van der Waals surface area contributed by atoms with Gasteiger partial charge in [-0.3, -0.25) is 0 Å². The van der Waals surface area contributed by atoms with Gasteiger partial charge in [-0.1, -0.05) is 22.8 Å². The molecule has 0 aliphatic heterocycles. The Morgan fingerprint density at radius 1 is 1.33 bits per heavy atom. The van der Waals surface area contributed by atoms with Crippen LogP contribution < -0.4 is 5.32 Å². The number of hydrogen-bond acceptors (Lipinski definition) is 4. The van der Waals surface area contributed by atoms with E-state index in [0.29, 0.717) is 28.7 Å². The number of halogens is 2. The molecule has 1 aromatic carbocycles. The molecular weight excluding hydrogens is 293 g/mol. The first-order valence-electron chi connectivity index (χ1n) is 6.84. The summed E-state index contributed by atoms with van der Waals surface area (Å²) in [6.07, 6.45) is 0.858. The third-order valence-electron chi connectivity index (χ3n) is 2.90. The van der Waals surface area contributed by atoms with Gasteiger partial charge in [0.25, 0.3) is 0 Å². The molecule has 0 unspecified atom stereocenters. The van der Waals surface area contributed by atoms with Gasteiger partial charge in [-0.2, -0.15) is 4.98 Å². The molecule has 2 aromatic rings. The lowest BCUT2D eigenvalue weighted by Gasteiger charge is -2.19. The Hall–Kier alpha value is -1.46. The van der Waals surface area contributed by atoms with Gasteiger partial charge >= 0.3 is 0 Å². The molecular formula is C15H19ClFN3O. The third kappa shape index (κ3) is 4.79. The molecule has 1 aromatic heterocycles. The van der Waals surface area contributed by atoms with Gasteiger partial charge in [-0.05, 0) is 32.9 Å². The minimum absolute atomic E-state index is 0.0452. The summed E-state index contributed by atoms with van der Waals surface area (Å²) >= 11 is 5.98.